The van der Waals surface area contributed by atoms with Gasteiger partial charge in [0.05, 0.1) is 0 Å². The second-order valence-electron chi connectivity index (χ2n) is 4.97. The molecule has 1 aliphatic rings. The van der Waals surface area contributed by atoms with Crippen molar-refractivity contribution in [2.45, 2.75) is 33.0 Å². The molecule has 2 aromatic rings. The molecule has 3 nitrogen and oxygen atoms in total. The van der Waals surface area contributed by atoms with E-state index in [1.54, 1.807) is 11.3 Å². The minimum Gasteiger partial charge on any atom is -0.312 e. The summed E-state index contributed by atoms with van der Waals surface area (Å²) in [5.41, 5.74) is 5.54. The molecule has 0 saturated heterocycles. The van der Waals surface area contributed by atoms with E-state index in [2.05, 4.69) is 39.2 Å². The number of hydrogen-bond donors (Lipinski definition) is 2. The standard InChI is InChI=1S/C15H19N3S/c1-11-10-19-15(18-11)9-17-8-13-4-2-3-12-7-16-6-5-14(12)13/h2-4,10,16-17H,5-9H2,1H3. The van der Waals surface area contributed by atoms with Crippen LogP contribution in [0.2, 0.25) is 0 Å². The lowest BCUT2D eigenvalue weighted by molar-refractivity contribution is 0.625. The highest BCUT2D eigenvalue weighted by atomic mass is 32.1. The van der Waals surface area contributed by atoms with Crippen molar-refractivity contribution < 1.29 is 0 Å². The van der Waals surface area contributed by atoms with Crippen molar-refractivity contribution in [2.24, 2.45) is 0 Å². The van der Waals surface area contributed by atoms with Gasteiger partial charge < -0.3 is 10.6 Å². The molecule has 0 spiro atoms. The topological polar surface area (TPSA) is 37.0 Å². The molecule has 0 atom stereocenters. The van der Waals surface area contributed by atoms with Crippen molar-refractivity contribution >= 4 is 11.3 Å². The molecule has 2 N–H and O–H groups in total. The third-order valence-electron chi connectivity index (χ3n) is 3.50. The minimum absolute atomic E-state index is 0.862. The average Bonchev–Trinajstić information content (AvgIpc) is 2.85. The first kappa shape index (κ1) is 12.8. The van der Waals surface area contributed by atoms with E-state index in [1.165, 1.54) is 21.7 Å². The Morgan fingerprint density at radius 2 is 2.32 bits per heavy atom. The Hall–Kier alpha value is -1.23. The van der Waals surface area contributed by atoms with E-state index in [9.17, 15) is 0 Å². The second kappa shape index (κ2) is 5.82. The molecule has 100 valence electrons. The van der Waals surface area contributed by atoms with Crippen molar-refractivity contribution in [1.29, 1.82) is 0 Å². The number of benzene rings is 1. The van der Waals surface area contributed by atoms with E-state index in [0.29, 0.717) is 0 Å². The Bertz CT molecular complexity index is 562. The van der Waals surface area contributed by atoms with Gasteiger partial charge in [0.15, 0.2) is 0 Å². The van der Waals surface area contributed by atoms with Crippen LogP contribution in [0, 0.1) is 6.92 Å². The van der Waals surface area contributed by atoms with E-state index in [-0.39, 0.29) is 0 Å². The monoisotopic (exact) mass is 273 g/mol. The predicted octanol–water partition coefficient (Wildman–Crippen LogP) is 2.39. The van der Waals surface area contributed by atoms with Gasteiger partial charge in [0.2, 0.25) is 0 Å². The lowest BCUT2D eigenvalue weighted by atomic mass is 9.95. The molecule has 0 radical (unpaired) electrons. The number of thiazole rings is 1. The first-order valence-corrected chi connectivity index (χ1v) is 7.63. The SMILES string of the molecule is Cc1csc(CNCc2cccc3c2CCNC3)n1. The number of hydrogen-bond acceptors (Lipinski definition) is 4. The van der Waals surface area contributed by atoms with Crippen LogP contribution in [0.5, 0.6) is 0 Å². The van der Waals surface area contributed by atoms with Crippen LogP contribution in [0.15, 0.2) is 23.6 Å². The lowest BCUT2D eigenvalue weighted by Crippen LogP contribution is -2.25. The van der Waals surface area contributed by atoms with E-state index in [1.807, 2.05) is 6.92 Å². The van der Waals surface area contributed by atoms with Gasteiger partial charge in [0.25, 0.3) is 0 Å². The fraction of sp³-hybridized carbons (Fsp3) is 0.400. The zero-order valence-corrected chi connectivity index (χ0v) is 12.0. The van der Waals surface area contributed by atoms with Gasteiger partial charge in [-0.25, -0.2) is 4.98 Å². The molecule has 19 heavy (non-hydrogen) atoms. The van der Waals surface area contributed by atoms with Gasteiger partial charge in [0, 0.05) is 30.7 Å². The molecule has 3 rings (SSSR count). The summed E-state index contributed by atoms with van der Waals surface area (Å²) in [7, 11) is 0. The molecule has 0 saturated carbocycles. The Labute approximate surface area is 118 Å². The number of aromatic nitrogens is 1. The molecule has 4 heteroatoms. The highest BCUT2D eigenvalue weighted by Gasteiger charge is 2.11. The number of aryl methyl sites for hydroxylation is 1. The van der Waals surface area contributed by atoms with Gasteiger partial charge in [-0.3, -0.25) is 0 Å². The maximum absolute atomic E-state index is 4.48. The molecule has 2 heterocycles. The summed E-state index contributed by atoms with van der Waals surface area (Å²) in [4.78, 5) is 4.48. The molecule has 0 aliphatic carbocycles. The molecular weight excluding hydrogens is 254 g/mol. The molecule has 1 aliphatic heterocycles. The van der Waals surface area contributed by atoms with Crippen LogP contribution in [0.3, 0.4) is 0 Å². The molecule has 0 unspecified atom stereocenters. The summed E-state index contributed by atoms with van der Waals surface area (Å²) in [6, 6.07) is 6.63. The van der Waals surface area contributed by atoms with Crippen molar-refractivity contribution in [3.63, 3.8) is 0 Å². The Morgan fingerprint density at radius 3 is 3.16 bits per heavy atom. The van der Waals surface area contributed by atoms with Crippen LogP contribution in [-0.4, -0.2) is 11.5 Å². The van der Waals surface area contributed by atoms with Crippen molar-refractivity contribution in [3.8, 4) is 0 Å². The normalized spacial score (nSPS) is 14.4. The van der Waals surface area contributed by atoms with E-state index < -0.39 is 0 Å². The smallest absolute Gasteiger partial charge is 0.107 e. The zero-order chi connectivity index (χ0) is 13.1. The molecular formula is C15H19N3S. The van der Waals surface area contributed by atoms with E-state index >= 15 is 0 Å². The number of fused-ring (bicyclic) bond motifs is 1. The lowest BCUT2D eigenvalue weighted by Gasteiger charge is -2.20. The number of nitrogens with one attached hydrogen (secondary N) is 2. The summed E-state index contributed by atoms with van der Waals surface area (Å²) in [5.74, 6) is 0. The fourth-order valence-corrected chi connectivity index (χ4v) is 3.31. The Balaban J connectivity index is 1.64. The third-order valence-corrected chi connectivity index (χ3v) is 4.46. The maximum atomic E-state index is 4.48. The summed E-state index contributed by atoms with van der Waals surface area (Å²) in [6.45, 7) is 5.94. The first-order chi connectivity index (χ1) is 9.33. The van der Waals surface area contributed by atoms with Gasteiger partial charge in [-0.1, -0.05) is 18.2 Å². The van der Waals surface area contributed by atoms with Crippen molar-refractivity contribution in [2.75, 3.05) is 6.54 Å². The summed E-state index contributed by atoms with van der Waals surface area (Å²) < 4.78 is 0. The molecule has 0 amide bonds. The van der Waals surface area contributed by atoms with Crippen LogP contribution in [0.25, 0.3) is 0 Å². The molecule has 0 bridgehead atoms. The maximum Gasteiger partial charge on any atom is 0.107 e. The highest BCUT2D eigenvalue weighted by Crippen LogP contribution is 2.18. The second-order valence-corrected chi connectivity index (χ2v) is 5.91. The van der Waals surface area contributed by atoms with Gasteiger partial charge >= 0.3 is 0 Å². The Morgan fingerprint density at radius 1 is 1.37 bits per heavy atom. The van der Waals surface area contributed by atoms with Crippen molar-refractivity contribution in [1.82, 2.24) is 15.6 Å². The van der Waals surface area contributed by atoms with Crippen LogP contribution < -0.4 is 10.6 Å². The van der Waals surface area contributed by atoms with Gasteiger partial charge in [-0.15, -0.1) is 11.3 Å². The van der Waals surface area contributed by atoms with Gasteiger partial charge in [0.1, 0.15) is 5.01 Å². The average molecular weight is 273 g/mol. The minimum atomic E-state index is 0.862. The van der Waals surface area contributed by atoms with E-state index in [4.69, 9.17) is 0 Å². The van der Waals surface area contributed by atoms with Crippen LogP contribution in [-0.2, 0) is 26.1 Å². The highest BCUT2D eigenvalue weighted by molar-refractivity contribution is 7.09. The molecule has 0 fully saturated rings. The fourth-order valence-electron chi connectivity index (χ4n) is 2.56. The third kappa shape index (κ3) is 3.03. The Kier molecular flexibility index (Phi) is 3.92. The summed E-state index contributed by atoms with van der Waals surface area (Å²) in [6.07, 6.45) is 1.14. The summed E-state index contributed by atoms with van der Waals surface area (Å²) in [5, 5.41) is 10.2. The molecule has 1 aromatic heterocycles. The van der Waals surface area contributed by atoms with Crippen molar-refractivity contribution in [3.05, 3.63) is 51.0 Å². The summed E-state index contributed by atoms with van der Waals surface area (Å²) >= 11 is 1.73. The van der Waals surface area contributed by atoms with E-state index in [0.717, 1.165) is 38.3 Å². The van der Waals surface area contributed by atoms with Gasteiger partial charge in [-0.05, 0) is 36.6 Å². The predicted molar refractivity (Wildman–Crippen MR) is 79.2 cm³/mol. The number of nitrogens with zero attached hydrogens (tertiary/aromatic N) is 1. The quantitative estimate of drug-likeness (QED) is 0.898. The van der Waals surface area contributed by atoms with Crippen LogP contribution >= 0.6 is 11.3 Å². The zero-order valence-electron chi connectivity index (χ0n) is 11.2. The van der Waals surface area contributed by atoms with Crippen LogP contribution in [0.1, 0.15) is 27.4 Å². The first-order valence-electron chi connectivity index (χ1n) is 6.75. The number of rotatable bonds is 4. The van der Waals surface area contributed by atoms with Gasteiger partial charge in [-0.2, -0.15) is 0 Å². The molecule has 1 aromatic carbocycles. The largest absolute Gasteiger partial charge is 0.312 e. The van der Waals surface area contributed by atoms with Crippen LogP contribution in [0.4, 0.5) is 0 Å².